The molecule has 2 aliphatic rings. The van der Waals surface area contributed by atoms with Gasteiger partial charge in [0.15, 0.2) is 5.71 Å². The number of esters is 1. The van der Waals surface area contributed by atoms with Crippen molar-refractivity contribution in [3.8, 4) is 5.75 Å². The van der Waals surface area contributed by atoms with Gasteiger partial charge in [0.2, 0.25) is 12.0 Å². The number of nitrogens with zero attached hydrogens (tertiary/aromatic N) is 1. The smallest absolute Gasteiger partial charge is 0.322 e. The van der Waals surface area contributed by atoms with Gasteiger partial charge >= 0.3 is 11.8 Å². The molecule has 3 rings (SSSR count). The van der Waals surface area contributed by atoms with Gasteiger partial charge in [-0.3, -0.25) is 14.4 Å². The van der Waals surface area contributed by atoms with Crippen LogP contribution in [-0.4, -0.2) is 62.2 Å². The maximum Gasteiger partial charge on any atom is 0.322 e. The van der Waals surface area contributed by atoms with E-state index in [0.29, 0.717) is 46.5 Å². The van der Waals surface area contributed by atoms with E-state index in [4.69, 9.17) is 23.8 Å². The molecule has 40 heavy (non-hydrogen) atoms. The van der Waals surface area contributed by atoms with E-state index in [2.05, 4.69) is 79.5 Å². The van der Waals surface area contributed by atoms with Gasteiger partial charge in [0.05, 0.1) is 33.6 Å². The van der Waals surface area contributed by atoms with Crippen molar-refractivity contribution in [1.29, 1.82) is 0 Å². The Morgan fingerprint density at radius 1 is 1.10 bits per heavy atom. The zero-order chi connectivity index (χ0) is 29.4. The highest BCUT2D eigenvalue weighted by molar-refractivity contribution is 9.12. The first kappa shape index (κ1) is 32.4. The number of amides is 2. The minimum absolute atomic E-state index is 0.0453. The zero-order valence-corrected chi connectivity index (χ0v) is 28.1. The van der Waals surface area contributed by atoms with Gasteiger partial charge in [0.25, 0.3) is 5.91 Å². The Morgan fingerprint density at radius 2 is 1.80 bits per heavy atom. The Hall–Kier alpha value is -2.10. The van der Waals surface area contributed by atoms with E-state index in [1.54, 1.807) is 0 Å². The second-order valence-corrected chi connectivity index (χ2v) is 12.2. The van der Waals surface area contributed by atoms with Crippen LogP contribution in [0, 0.1) is 0 Å². The highest BCUT2D eigenvalue weighted by Crippen LogP contribution is 2.42. The van der Waals surface area contributed by atoms with Crippen molar-refractivity contribution in [1.82, 2.24) is 10.6 Å². The van der Waals surface area contributed by atoms with Crippen LogP contribution in [0.15, 0.2) is 47.2 Å². The van der Waals surface area contributed by atoms with Crippen molar-refractivity contribution in [3.63, 3.8) is 0 Å². The van der Waals surface area contributed by atoms with Gasteiger partial charge in [-0.15, -0.1) is 0 Å². The van der Waals surface area contributed by atoms with Gasteiger partial charge in [0, 0.05) is 31.4 Å². The molecule has 1 spiro atoms. The molecule has 218 valence electrons. The molecule has 0 saturated heterocycles. The monoisotopic (exact) mass is 813 g/mol. The van der Waals surface area contributed by atoms with E-state index in [9.17, 15) is 14.4 Å². The fourth-order valence-corrected chi connectivity index (χ4v) is 6.85. The number of carbonyl (C=O) groups is 3. The van der Waals surface area contributed by atoms with Gasteiger partial charge in [-0.05, 0) is 78.3 Å². The molecule has 2 unspecified atom stereocenters. The van der Waals surface area contributed by atoms with E-state index in [1.165, 1.54) is 27.2 Å². The molecule has 1 aromatic rings. The number of methoxy groups -OCH3 is 1. The van der Waals surface area contributed by atoms with Crippen LogP contribution in [0.3, 0.4) is 0 Å². The van der Waals surface area contributed by atoms with Gasteiger partial charge in [-0.1, -0.05) is 21.1 Å². The van der Waals surface area contributed by atoms with Gasteiger partial charge < -0.3 is 34.4 Å². The predicted molar refractivity (Wildman–Crippen MR) is 160 cm³/mol. The largest absolute Gasteiger partial charge is 0.495 e. The lowest BCUT2D eigenvalue weighted by Gasteiger charge is -2.30. The van der Waals surface area contributed by atoms with Crippen molar-refractivity contribution < 1.29 is 38.2 Å². The molecule has 0 bridgehead atoms. The third-order valence-corrected chi connectivity index (χ3v) is 7.96. The van der Waals surface area contributed by atoms with Crippen LogP contribution < -0.4 is 15.4 Å². The predicted octanol–water partition coefficient (Wildman–Crippen LogP) is 4.70. The van der Waals surface area contributed by atoms with Crippen LogP contribution in [0.2, 0.25) is 0 Å². The Labute approximate surface area is 264 Å². The van der Waals surface area contributed by atoms with Crippen LogP contribution in [0.1, 0.15) is 32.3 Å². The summed E-state index contributed by atoms with van der Waals surface area (Å²) in [4.78, 5) is 41.5. The highest BCUT2D eigenvalue weighted by Gasteiger charge is 2.57. The van der Waals surface area contributed by atoms with Crippen LogP contribution in [0.4, 0.5) is 0 Å². The number of hydrogen-bond acceptors (Lipinski definition) is 9. The standard InChI is InChI=1S/C25H27Br4N3O8/c1-13(33)30-7-5-15-9-16(26)22(17(27)10-15)37-8-4-6-31-24(35)20-23(39-14(2)34)25(40-32-20)11-18(28)21(36-3)19(29)12-38-25/h9-10,12,23H,4-8,11H2,1-3H3,(H,30,33)(H,31,35). The normalized spacial score (nSPS) is 20.0. The molecule has 2 N–H and O–H groups in total. The zero-order valence-electron chi connectivity index (χ0n) is 21.8. The van der Waals surface area contributed by atoms with E-state index >= 15 is 0 Å². The SMILES string of the molecule is COC1=C(Br)CC2(OC=C1Br)ON=C(C(=O)NCCCOc1c(Br)cc(CCNC(C)=O)cc1Br)C2OC(C)=O. The molecule has 0 radical (unpaired) electrons. The molecular formula is C25H27Br4N3O8. The minimum Gasteiger partial charge on any atom is -0.495 e. The summed E-state index contributed by atoms with van der Waals surface area (Å²) >= 11 is 13.8. The maximum absolute atomic E-state index is 13.0. The summed E-state index contributed by atoms with van der Waals surface area (Å²) in [6.07, 6.45) is 1.29. The number of oxime groups is 1. The molecule has 0 saturated carbocycles. The molecule has 0 aromatic heterocycles. The van der Waals surface area contributed by atoms with Gasteiger partial charge in [0.1, 0.15) is 17.8 Å². The average molecular weight is 817 g/mol. The first-order valence-electron chi connectivity index (χ1n) is 12.0. The Bertz CT molecular complexity index is 1230. The summed E-state index contributed by atoms with van der Waals surface area (Å²) in [5, 5.41) is 9.44. The van der Waals surface area contributed by atoms with Crippen LogP contribution >= 0.6 is 63.7 Å². The Balaban J connectivity index is 1.56. The lowest BCUT2D eigenvalue weighted by atomic mass is 10.0. The molecule has 2 heterocycles. The van der Waals surface area contributed by atoms with Gasteiger partial charge in [-0.2, -0.15) is 0 Å². The number of rotatable bonds is 11. The molecule has 1 aromatic carbocycles. The van der Waals surface area contributed by atoms with Crippen molar-refractivity contribution in [2.75, 3.05) is 26.8 Å². The van der Waals surface area contributed by atoms with Crippen molar-refractivity contribution in [3.05, 3.63) is 47.6 Å². The number of carbonyl (C=O) groups excluding carboxylic acids is 3. The number of ether oxygens (including phenoxy) is 4. The molecule has 15 heteroatoms. The Kier molecular flexibility index (Phi) is 11.9. The summed E-state index contributed by atoms with van der Waals surface area (Å²) < 4.78 is 25.1. The first-order chi connectivity index (χ1) is 19.0. The molecule has 0 fully saturated rings. The average Bonchev–Trinajstić information content (AvgIpc) is 3.14. The van der Waals surface area contributed by atoms with E-state index < -0.39 is 23.8 Å². The highest BCUT2D eigenvalue weighted by atomic mass is 79.9. The maximum atomic E-state index is 13.0. The summed E-state index contributed by atoms with van der Waals surface area (Å²) in [5.74, 6) is -1.81. The van der Waals surface area contributed by atoms with E-state index in [1.807, 2.05) is 12.1 Å². The fraction of sp³-hybridized carbons (Fsp3) is 0.440. The molecule has 2 amide bonds. The van der Waals surface area contributed by atoms with Crippen LogP contribution in [-0.2, 0) is 39.9 Å². The third-order valence-electron chi connectivity index (χ3n) is 5.59. The second kappa shape index (κ2) is 14.7. The quantitative estimate of drug-likeness (QED) is 0.243. The third kappa shape index (κ3) is 8.23. The van der Waals surface area contributed by atoms with Crippen LogP contribution in [0.5, 0.6) is 5.75 Å². The minimum atomic E-state index is -1.60. The van der Waals surface area contributed by atoms with E-state index in [0.717, 1.165) is 14.5 Å². The van der Waals surface area contributed by atoms with E-state index in [-0.39, 0.29) is 24.6 Å². The fourth-order valence-electron chi connectivity index (χ4n) is 3.81. The topological polar surface area (TPSA) is 134 Å². The number of hydrogen-bond donors (Lipinski definition) is 2. The first-order valence-corrected chi connectivity index (χ1v) is 15.2. The number of benzene rings is 1. The van der Waals surface area contributed by atoms with Crippen LogP contribution in [0.25, 0.3) is 0 Å². The summed E-state index contributed by atoms with van der Waals surface area (Å²) in [6.45, 7) is 3.80. The van der Waals surface area contributed by atoms with Crippen molar-refractivity contribution >= 4 is 87.2 Å². The van der Waals surface area contributed by atoms with Crippen molar-refractivity contribution in [2.24, 2.45) is 5.16 Å². The molecule has 0 aliphatic carbocycles. The molecule has 2 aliphatic heterocycles. The summed E-state index contributed by atoms with van der Waals surface area (Å²) in [5.41, 5.74) is 0.885. The number of allylic oxidation sites excluding steroid dienone is 1. The molecular weight excluding hydrogens is 790 g/mol. The van der Waals surface area contributed by atoms with Crippen molar-refractivity contribution in [2.45, 2.75) is 45.0 Å². The van der Waals surface area contributed by atoms with Gasteiger partial charge in [-0.25, -0.2) is 0 Å². The number of nitrogens with one attached hydrogen (secondary N) is 2. The molecule has 11 nitrogen and oxygen atoms in total. The number of halogens is 4. The molecule has 2 atom stereocenters. The lowest BCUT2D eigenvalue weighted by Crippen LogP contribution is -2.51. The summed E-state index contributed by atoms with van der Waals surface area (Å²) in [7, 11) is 1.49. The lowest BCUT2D eigenvalue weighted by molar-refractivity contribution is -0.232. The second-order valence-electron chi connectivity index (χ2n) is 8.65. The summed E-state index contributed by atoms with van der Waals surface area (Å²) in [6, 6.07) is 3.86. The Morgan fingerprint density at radius 3 is 2.42 bits per heavy atom.